The first-order valence-electron chi connectivity index (χ1n) is 4.53. The van der Waals surface area contributed by atoms with Crippen molar-refractivity contribution in [1.82, 2.24) is 10.2 Å². The van der Waals surface area contributed by atoms with E-state index in [4.69, 9.17) is 9.47 Å². The van der Waals surface area contributed by atoms with Crippen LogP contribution in [-0.4, -0.2) is 41.2 Å². The molecule has 1 N–H and O–H groups in total. The van der Waals surface area contributed by atoms with Crippen LogP contribution in [0.2, 0.25) is 0 Å². The Hall–Kier alpha value is -1.04. The normalized spacial score (nSPS) is 24.5. The van der Waals surface area contributed by atoms with Crippen LogP contribution in [0.25, 0.3) is 0 Å². The summed E-state index contributed by atoms with van der Waals surface area (Å²) in [5.74, 6) is 0. The number of aromatic nitrogens is 2. The van der Waals surface area contributed by atoms with E-state index in [1.54, 1.807) is 18.3 Å². The molecule has 1 saturated heterocycles. The summed E-state index contributed by atoms with van der Waals surface area (Å²) in [6, 6.07) is 3.45. The first-order valence-corrected chi connectivity index (χ1v) is 4.53. The molecular weight excluding hydrogens is 184 g/mol. The predicted octanol–water partition coefficient (Wildman–Crippen LogP) is -0.0746. The number of aliphatic hydroxyl groups is 1. The topological polar surface area (TPSA) is 64.5 Å². The molecule has 0 aliphatic carbocycles. The van der Waals surface area contributed by atoms with Gasteiger partial charge in [-0.2, -0.15) is 10.2 Å². The fourth-order valence-electron chi connectivity index (χ4n) is 1.35. The summed E-state index contributed by atoms with van der Waals surface area (Å²) in [6.07, 6.45) is 0.471. The van der Waals surface area contributed by atoms with Gasteiger partial charge in [-0.25, -0.2) is 0 Å². The van der Waals surface area contributed by atoms with Gasteiger partial charge in [-0.05, 0) is 12.1 Å². The molecule has 1 aromatic rings. The van der Waals surface area contributed by atoms with Gasteiger partial charge >= 0.3 is 0 Å². The van der Waals surface area contributed by atoms with Gasteiger partial charge in [0.25, 0.3) is 0 Å². The molecule has 1 fully saturated rings. The van der Waals surface area contributed by atoms with Crippen molar-refractivity contribution in [2.75, 3.05) is 19.8 Å². The van der Waals surface area contributed by atoms with E-state index in [2.05, 4.69) is 10.2 Å². The van der Waals surface area contributed by atoms with Crippen molar-refractivity contribution >= 4 is 0 Å². The van der Waals surface area contributed by atoms with Crippen LogP contribution in [0.3, 0.4) is 0 Å². The fraction of sp³-hybridized carbons (Fsp3) is 0.556. The van der Waals surface area contributed by atoms with E-state index < -0.39 is 6.10 Å². The first-order chi connectivity index (χ1) is 6.88. The van der Waals surface area contributed by atoms with Crippen molar-refractivity contribution in [2.45, 2.75) is 12.2 Å². The summed E-state index contributed by atoms with van der Waals surface area (Å²) in [6.45, 7) is 1.50. The molecule has 0 amide bonds. The largest absolute Gasteiger partial charge is 0.384 e. The number of hydrogen-bond acceptors (Lipinski definition) is 5. The highest BCUT2D eigenvalue weighted by Crippen LogP contribution is 2.18. The molecule has 0 spiro atoms. The fourth-order valence-corrected chi connectivity index (χ4v) is 1.35. The molecule has 2 heterocycles. The van der Waals surface area contributed by atoms with Gasteiger partial charge in [0.1, 0.15) is 12.2 Å². The van der Waals surface area contributed by atoms with Crippen molar-refractivity contribution in [3.05, 3.63) is 24.0 Å². The van der Waals surface area contributed by atoms with Crippen LogP contribution in [0.1, 0.15) is 11.8 Å². The van der Waals surface area contributed by atoms with Crippen molar-refractivity contribution in [2.24, 2.45) is 0 Å². The van der Waals surface area contributed by atoms with Crippen LogP contribution in [0.4, 0.5) is 0 Å². The minimum absolute atomic E-state index is 0.333. The van der Waals surface area contributed by atoms with Gasteiger partial charge in [-0.3, -0.25) is 0 Å². The smallest absolute Gasteiger partial charge is 0.126 e. The van der Waals surface area contributed by atoms with Crippen LogP contribution >= 0.6 is 0 Å². The maximum absolute atomic E-state index is 9.84. The summed E-state index contributed by atoms with van der Waals surface area (Å²) in [4.78, 5) is 0. The van der Waals surface area contributed by atoms with Gasteiger partial charge in [0.15, 0.2) is 0 Å². The molecule has 5 heteroatoms. The first kappa shape index (κ1) is 9.51. The van der Waals surface area contributed by atoms with Gasteiger partial charge in [-0.1, -0.05) is 0 Å². The molecule has 2 rings (SSSR count). The second-order valence-electron chi connectivity index (χ2n) is 3.08. The van der Waals surface area contributed by atoms with E-state index in [0.717, 1.165) is 0 Å². The molecule has 5 nitrogen and oxygen atoms in total. The van der Waals surface area contributed by atoms with Crippen LogP contribution in [-0.2, 0) is 9.47 Å². The molecular formula is C9H12N2O3. The van der Waals surface area contributed by atoms with E-state index in [0.29, 0.717) is 25.5 Å². The molecule has 1 aromatic heterocycles. The monoisotopic (exact) mass is 196 g/mol. The average Bonchev–Trinajstić information content (AvgIpc) is 2.30. The van der Waals surface area contributed by atoms with E-state index in [1.165, 1.54) is 0 Å². The number of aliphatic hydroxyl groups excluding tert-OH is 1. The number of nitrogens with zero attached hydrogens (tertiary/aromatic N) is 2. The van der Waals surface area contributed by atoms with E-state index in [-0.39, 0.29) is 6.10 Å². The standard InChI is InChI=1S/C9H12N2O3/c12-9(7-2-1-3-10-11-7)8-6-13-4-5-14-8/h1-3,8-9,12H,4-6H2. The Bertz CT molecular complexity index is 275. The molecule has 1 aliphatic heterocycles. The molecule has 2 unspecified atom stereocenters. The van der Waals surface area contributed by atoms with E-state index in [9.17, 15) is 5.11 Å². The number of hydrogen-bond donors (Lipinski definition) is 1. The van der Waals surface area contributed by atoms with Gasteiger partial charge < -0.3 is 14.6 Å². The van der Waals surface area contributed by atoms with Crippen molar-refractivity contribution in [3.8, 4) is 0 Å². The lowest BCUT2D eigenvalue weighted by atomic mass is 10.1. The van der Waals surface area contributed by atoms with Gasteiger partial charge in [0, 0.05) is 6.20 Å². The summed E-state index contributed by atoms with van der Waals surface area (Å²) in [5.41, 5.74) is 0.517. The van der Waals surface area contributed by atoms with Crippen molar-refractivity contribution in [1.29, 1.82) is 0 Å². The average molecular weight is 196 g/mol. The van der Waals surface area contributed by atoms with Crippen LogP contribution in [0.15, 0.2) is 18.3 Å². The zero-order chi connectivity index (χ0) is 9.80. The maximum Gasteiger partial charge on any atom is 0.126 e. The lowest BCUT2D eigenvalue weighted by Gasteiger charge is -2.26. The Labute approximate surface area is 81.7 Å². The third kappa shape index (κ3) is 2.06. The minimum Gasteiger partial charge on any atom is -0.384 e. The van der Waals surface area contributed by atoms with E-state index in [1.807, 2.05) is 0 Å². The molecule has 14 heavy (non-hydrogen) atoms. The molecule has 0 bridgehead atoms. The number of ether oxygens (including phenoxy) is 2. The quantitative estimate of drug-likeness (QED) is 0.717. The molecule has 76 valence electrons. The summed E-state index contributed by atoms with van der Waals surface area (Å²) in [5, 5.41) is 17.4. The maximum atomic E-state index is 9.84. The van der Waals surface area contributed by atoms with Crippen LogP contribution in [0.5, 0.6) is 0 Å². The zero-order valence-electron chi connectivity index (χ0n) is 7.67. The van der Waals surface area contributed by atoms with Crippen LogP contribution < -0.4 is 0 Å². The van der Waals surface area contributed by atoms with Crippen LogP contribution in [0, 0.1) is 0 Å². The summed E-state index contributed by atoms with van der Waals surface area (Å²) in [7, 11) is 0. The van der Waals surface area contributed by atoms with Gasteiger partial charge in [-0.15, -0.1) is 0 Å². The lowest BCUT2D eigenvalue weighted by Crippen LogP contribution is -2.34. The lowest BCUT2D eigenvalue weighted by molar-refractivity contribution is -0.134. The molecule has 1 aliphatic rings. The molecule has 2 atom stereocenters. The minimum atomic E-state index is -0.760. The number of rotatable bonds is 2. The second kappa shape index (κ2) is 4.45. The summed E-state index contributed by atoms with van der Waals surface area (Å²) < 4.78 is 10.5. The Morgan fingerprint density at radius 2 is 2.43 bits per heavy atom. The Kier molecular flexibility index (Phi) is 3.03. The molecule has 0 saturated carbocycles. The third-order valence-corrected chi connectivity index (χ3v) is 2.09. The highest BCUT2D eigenvalue weighted by molar-refractivity contribution is 5.04. The van der Waals surface area contributed by atoms with E-state index >= 15 is 0 Å². The Balaban J connectivity index is 2.03. The van der Waals surface area contributed by atoms with Crippen molar-refractivity contribution in [3.63, 3.8) is 0 Å². The zero-order valence-corrected chi connectivity index (χ0v) is 7.67. The Morgan fingerprint density at radius 1 is 1.50 bits per heavy atom. The highest BCUT2D eigenvalue weighted by Gasteiger charge is 2.25. The molecule has 0 radical (unpaired) electrons. The molecule has 0 aromatic carbocycles. The predicted molar refractivity (Wildman–Crippen MR) is 47.6 cm³/mol. The van der Waals surface area contributed by atoms with Gasteiger partial charge in [0.2, 0.25) is 0 Å². The Morgan fingerprint density at radius 3 is 3.07 bits per heavy atom. The second-order valence-corrected chi connectivity index (χ2v) is 3.08. The highest BCUT2D eigenvalue weighted by atomic mass is 16.6. The SMILES string of the molecule is OC(c1cccnn1)C1COCCO1. The van der Waals surface area contributed by atoms with Gasteiger partial charge in [0.05, 0.1) is 25.5 Å². The summed E-state index contributed by atoms with van der Waals surface area (Å²) >= 11 is 0. The van der Waals surface area contributed by atoms with Crippen molar-refractivity contribution < 1.29 is 14.6 Å². The third-order valence-electron chi connectivity index (χ3n) is 2.09.